The summed E-state index contributed by atoms with van der Waals surface area (Å²) in [6.07, 6.45) is 2.71. The lowest BCUT2D eigenvalue weighted by Gasteiger charge is -2.06. The molecule has 0 rings (SSSR count). The number of ether oxygens (including phenoxy) is 2. The number of rotatable bonds is 5. The molecular weight excluding hydrogens is 184 g/mol. The van der Waals surface area contributed by atoms with Crippen molar-refractivity contribution < 1.29 is 19.1 Å². The molecule has 0 amide bonds. The van der Waals surface area contributed by atoms with Crippen molar-refractivity contribution in [1.82, 2.24) is 0 Å². The molecule has 14 heavy (non-hydrogen) atoms. The second-order valence-electron chi connectivity index (χ2n) is 2.59. The molecule has 0 heterocycles. The van der Waals surface area contributed by atoms with Gasteiger partial charge in [0.1, 0.15) is 0 Å². The third-order valence-electron chi connectivity index (χ3n) is 1.38. The van der Waals surface area contributed by atoms with Crippen LogP contribution in [0.4, 0.5) is 0 Å². The smallest absolute Gasteiger partial charge is 0.313 e. The number of esters is 2. The maximum absolute atomic E-state index is 10.9. The molecule has 80 valence electrons. The summed E-state index contributed by atoms with van der Waals surface area (Å²) in [5.41, 5.74) is 0. The summed E-state index contributed by atoms with van der Waals surface area (Å²) < 4.78 is 9.58. The van der Waals surface area contributed by atoms with Gasteiger partial charge in [0.15, 0.2) is 0 Å². The quantitative estimate of drug-likeness (QED) is 0.504. The second-order valence-corrected chi connectivity index (χ2v) is 2.59. The van der Waals surface area contributed by atoms with E-state index >= 15 is 0 Å². The third-order valence-corrected chi connectivity index (χ3v) is 1.38. The van der Waals surface area contributed by atoms with E-state index in [1.165, 1.54) is 0 Å². The predicted octanol–water partition coefficient (Wildman–Crippen LogP) is 2.14. The Morgan fingerprint density at radius 2 is 1.43 bits per heavy atom. The van der Waals surface area contributed by atoms with Gasteiger partial charge in [-0.15, -0.1) is 0 Å². The molecule has 0 aliphatic rings. The Hall–Kier alpha value is -1.32. The van der Waals surface area contributed by atoms with E-state index in [4.69, 9.17) is 9.47 Å². The highest BCUT2D eigenvalue weighted by Crippen LogP contribution is 2.05. The molecule has 0 N–H and O–H groups in total. The molecule has 0 fully saturated rings. The van der Waals surface area contributed by atoms with Crippen molar-refractivity contribution in [3.63, 3.8) is 0 Å². The van der Waals surface area contributed by atoms with Crippen LogP contribution < -0.4 is 0 Å². The van der Waals surface area contributed by atoms with Gasteiger partial charge in [-0.25, -0.2) is 0 Å². The van der Waals surface area contributed by atoms with Crippen LogP contribution in [0.25, 0.3) is 0 Å². The van der Waals surface area contributed by atoms with Crippen LogP contribution in [0.3, 0.4) is 0 Å². The Kier molecular flexibility index (Phi) is 6.45. The monoisotopic (exact) mass is 200 g/mol. The molecule has 0 saturated heterocycles. The van der Waals surface area contributed by atoms with Gasteiger partial charge >= 0.3 is 11.9 Å². The van der Waals surface area contributed by atoms with Gasteiger partial charge in [-0.3, -0.25) is 9.59 Å². The third kappa shape index (κ3) is 5.35. The Labute approximate surface area is 83.9 Å². The Morgan fingerprint density at radius 3 is 1.71 bits per heavy atom. The van der Waals surface area contributed by atoms with E-state index in [2.05, 4.69) is 0 Å². The van der Waals surface area contributed by atoms with Gasteiger partial charge in [-0.05, 0) is 12.5 Å². The molecule has 0 aliphatic heterocycles. The second kappa shape index (κ2) is 7.12. The maximum atomic E-state index is 10.9. The first-order chi connectivity index (χ1) is 6.63. The Bertz CT molecular complexity index is 210. The zero-order chi connectivity index (χ0) is 11.0. The first-order valence-corrected chi connectivity index (χ1v) is 4.75. The molecule has 4 nitrogen and oxygen atoms in total. The van der Waals surface area contributed by atoms with Crippen LogP contribution in [-0.2, 0) is 19.1 Å². The fraction of sp³-hybridized carbons (Fsp3) is 0.600. The average molecular weight is 200 g/mol. The highest BCUT2D eigenvalue weighted by molar-refractivity contribution is 5.72. The summed E-state index contributed by atoms with van der Waals surface area (Å²) >= 11 is 0. The first-order valence-electron chi connectivity index (χ1n) is 4.75. The van der Waals surface area contributed by atoms with Gasteiger partial charge in [0, 0.05) is 12.8 Å². The van der Waals surface area contributed by atoms with Crippen molar-refractivity contribution in [3.8, 4) is 0 Å². The van der Waals surface area contributed by atoms with Crippen molar-refractivity contribution in [2.24, 2.45) is 0 Å². The normalized spacial score (nSPS) is 9.07. The van der Waals surface area contributed by atoms with E-state index in [1.54, 1.807) is 19.9 Å². The average Bonchev–Trinajstić information content (AvgIpc) is 2.17. The lowest BCUT2D eigenvalue weighted by molar-refractivity contribution is -0.153. The Balaban J connectivity index is 4.23. The van der Waals surface area contributed by atoms with Crippen LogP contribution >= 0.6 is 0 Å². The summed E-state index contributed by atoms with van der Waals surface area (Å²) in [4.78, 5) is 21.8. The molecule has 4 heteroatoms. The lowest BCUT2D eigenvalue weighted by atomic mass is 10.4. The number of hydrogen-bond acceptors (Lipinski definition) is 4. The molecule has 0 aliphatic carbocycles. The fourth-order valence-electron chi connectivity index (χ4n) is 0.640. The first kappa shape index (κ1) is 12.7. The summed E-state index contributed by atoms with van der Waals surface area (Å²) in [5, 5.41) is 0. The Morgan fingerprint density at radius 1 is 1.00 bits per heavy atom. The predicted molar refractivity (Wildman–Crippen MR) is 51.1 cm³/mol. The van der Waals surface area contributed by atoms with Gasteiger partial charge in [-0.2, -0.15) is 0 Å². The summed E-state index contributed by atoms with van der Waals surface area (Å²) in [6, 6.07) is 0. The maximum Gasteiger partial charge on any atom is 0.313 e. The zero-order valence-electron chi connectivity index (χ0n) is 8.83. The van der Waals surface area contributed by atoms with E-state index in [9.17, 15) is 9.59 Å². The minimum absolute atomic E-state index is 0.00815. The van der Waals surface area contributed by atoms with E-state index in [0.29, 0.717) is 6.42 Å². The van der Waals surface area contributed by atoms with Crippen LogP contribution in [0.1, 0.15) is 40.0 Å². The van der Waals surface area contributed by atoms with Crippen LogP contribution in [-0.4, -0.2) is 11.9 Å². The molecular formula is C10H16O4. The molecule has 0 spiro atoms. The summed E-state index contributed by atoms with van der Waals surface area (Å²) in [6.45, 7) is 5.21. The standard InChI is InChI=1S/C10H16O4/c1-4-7-10(13-8(11)5-2)14-9(12)6-3/h7H,4-6H2,1-3H3. The minimum Gasteiger partial charge on any atom is -0.393 e. The molecule has 0 aromatic heterocycles. The number of carbonyl (C=O) groups is 2. The van der Waals surface area contributed by atoms with E-state index in [0.717, 1.165) is 0 Å². The number of hydrogen-bond donors (Lipinski definition) is 0. The van der Waals surface area contributed by atoms with Crippen LogP contribution in [0.5, 0.6) is 0 Å². The van der Waals surface area contributed by atoms with Gasteiger partial charge in [-0.1, -0.05) is 20.8 Å². The number of carbonyl (C=O) groups excluding carboxylic acids is 2. The topological polar surface area (TPSA) is 52.6 Å². The van der Waals surface area contributed by atoms with Gasteiger partial charge in [0.05, 0.1) is 0 Å². The summed E-state index contributed by atoms with van der Waals surface area (Å²) in [5.74, 6) is -0.826. The van der Waals surface area contributed by atoms with Crippen LogP contribution in [0, 0.1) is 0 Å². The van der Waals surface area contributed by atoms with E-state index in [-0.39, 0.29) is 18.8 Å². The van der Waals surface area contributed by atoms with E-state index in [1.807, 2.05) is 6.92 Å². The van der Waals surface area contributed by atoms with Crippen molar-refractivity contribution in [2.45, 2.75) is 40.0 Å². The largest absolute Gasteiger partial charge is 0.393 e. The van der Waals surface area contributed by atoms with Crippen molar-refractivity contribution >= 4 is 11.9 Å². The molecule has 0 unspecified atom stereocenters. The van der Waals surface area contributed by atoms with Crippen molar-refractivity contribution in [2.75, 3.05) is 0 Å². The highest BCUT2D eigenvalue weighted by atomic mass is 16.7. The molecule has 0 aromatic rings. The van der Waals surface area contributed by atoms with Crippen molar-refractivity contribution in [1.29, 1.82) is 0 Å². The van der Waals surface area contributed by atoms with Crippen LogP contribution in [0.2, 0.25) is 0 Å². The van der Waals surface area contributed by atoms with Gasteiger partial charge < -0.3 is 9.47 Å². The highest BCUT2D eigenvalue weighted by Gasteiger charge is 2.09. The zero-order valence-corrected chi connectivity index (χ0v) is 8.83. The number of allylic oxidation sites excluding steroid dienone is 1. The van der Waals surface area contributed by atoms with Gasteiger partial charge in [0.25, 0.3) is 5.95 Å². The molecule has 0 saturated carbocycles. The van der Waals surface area contributed by atoms with E-state index < -0.39 is 11.9 Å². The molecule has 0 aromatic carbocycles. The molecule has 0 atom stereocenters. The lowest BCUT2D eigenvalue weighted by Crippen LogP contribution is -2.09. The summed E-state index contributed by atoms with van der Waals surface area (Å²) in [7, 11) is 0. The molecule has 0 bridgehead atoms. The fourth-order valence-corrected chi connectivity index (χ4v) is 0.640. The van der Waals surface area contributed by atoms with Crippen LogP contribution in [0.15, 0.2) is 12.0 Å². The minimum atomic E-state index is -0.409. The molecule has 0 radical (unpaired) electrons. The van der Waals surface area contributed by atoms with Crippen molar-refractivity contribution in [3.05, 3.63) is 12.0 Å². The SMILES string of the molecule is CCC=C(OC(=O)CC)OC(=O)CC. The van der Waals surface area contributed by atoms with Gasteiger partial charge in [0.2, 0.25) is 0 Å².